The van der Waals surface area contributed by atoms with Gasteiger partial charge in [0.2, 0.25) is 0 Å². The first-order valence-corrected chi connectivity index (χ1v) is 45.8. The Hall–Kier alpha value is -6.40. The van der Waals surface area contributed by atoms with Crippen molar-refractivity contribution in [3.8, 4) is 46.0 Å². The molecule has 4 aromatic rings. The molecule has 0 saturated heterocycles. The van der Waals surface area contributed by atoms with Gasteiger partial charge in [-0.1, -0.05) is 143 Å². The van der Waals surface area contributed by atoms with Crippen molar-refractivity contribution >= 4 is 0 Å². The highest BCUT2D eigenvalue weighted by atomic mass is 19.4. The lowest BCUT2D eigenvalue weighted by Gasteiger charge is -2.39. The maximum absolute atomic E-state index is 14.7. The molecule has 8 fully saturated rings. The van der Waals surface area contributed by atoms with Gasteiger partial charge in [-0.2, -0.15) is 35.1 Å². The van der Waals surface area contributed by atoms with E-state index in [-0.39, 0.29) is 0 Å². The highest BCUT2D eigenvalue weighted by molar-refractivity contribution is 5.36. The van der Waals surface area contributed by atoms with Gasteiger partial charge in [-0.3, -0.25) is 0 Å². The molecule has 716 valence electrons. The van der Waals surface area contributed by atoms with E-state index in [1.807, 2.05) is 0 Å². The van der Waals surface area contributed by atoms with Crippen molar-refractivity contribution in [1.82, 2.24) is 0 Å². The lowest BCUT2D eigenvalue weighted by atomic mass is 9.68. The summed E-state index contributed by atoms with van der Waals surface area (Å²) in [4.78, 5) is 0. The molecule has 4 aromatic carbocycles. The van der Waals surface area contributed by atoms with E-state index >= 15 is 0 Å². The Balaban J connectivity index is 0.000000190. The summed E-state index contributed by atoms with van der Waals surface area (Å²) in [5.41, 5.74) is 0. The normalized spacial score (nSPS) is 27.5. The summed E-state index contributed by atoms with van der Waals surface area (Å²) in [5.74, 6) is -8.50. The Kier molecular flexibility index (Phi) is 38.2. The van der Waals surface area contributed by atoms with Gasteiger partial charge in [-0.15, -0.1) is 52.7 Å². The summed E-state index contributed by atoms with van der Waals surface area (Å²) in [6, 6.07) is 7.99. The Morgan fingerprint density at radius 1 is 0.222 bits per heavy atom. The number of hydrogen-bond donors (Lipinski definition) is 0. The first-order valence-electron chi connectivity index (χ1n) is 45.8. The topological polar surface area (TPSA) is 73.8 Å². The molecule has 0 amide bonds. The minimum atomic E-state index is -5.07. The molecule has 32 heteroatoms. The van der Waals surface area contributed by atoms with Crippen LogP contribution in [-0.4, -0.2) is 49.9 Å². The Morgan fingerprint density at radius 3 is 0.611 bits per heavy atom. The third-order valence-corrected chi connectivity index (χ3v) is 28.2. The van der Waals surface area contributed by atoms with Crippen LogP contribution in [0.5, 0.6) is 46.0 Å². The molecule has 8 saturated carbocycles. The van der Waals surface area contributed by atoms with Crippen molar-refractivity contribution in [1.29, 1.82) is 0 Å². The fourth-order valence-corrected chi connectivity index (χ4v) is 21.2. The van der Waals surface area contributed by atoms with E-state index in [1.165, 1.54) is 167 Å². The Bertz CT molecular complexity index is 3830. The van der Waals surface area contributed by atoms with Gasteiger partial charge in [0.25, 0.3) is 0 Å². The van der Waals surface area contributed by atoms with Crippen molar-refractivity contribution in [2.24, 2.45) is 94.7 Å². The highest BCUT2D eigenvalue weighted by Crippen LogP contribution is 2.53. The molecule has 12 rings (SSSR count). The maximum atomic E-state index is 14.7. The van der Waals surface area contributed by atoms with Crippen LogP contribution in [0.3, 0.4) is 0 Å². The van der Waals surface area contributed by atoms with Crippen LogP contribution in [0.4, 0.5) is 105 Å². The number of alkyl halides is 20. The first kappa shape index (κ1) is 103. The molecular formula is C94H124F24O8. The molecule has 0 N–H and O–H groups in total. The van der Waals surface area contributed by atoms with Crippen LogP contribution in [0.2, 0.25) is 0 Å². The maximum Gasteiger partial charge on any atom is 0.573 e. The fraction of sp³-hybridized carbons (Fsp3) is 0.745. The number of hydrogen-bond acceptors (Lipinski definition) is 8. The smallest absolute Gasteiger partial charge is 0.432 e. The van der Waals surface area contributed by atoms with Gasteiger partial charge < -0.3 is 37.9 Å². The average molecular weight is 1840 g/mol. The molecule has 0 aromatic heterocycles. The number of ether oxygens (including phenoxy) is 8. The number of rotatable bonds is 30. The van der Waals surface area contributed by atoms with Crippen LogP contribution in [0, 0.1) is 118 Å². The van der Waals surface area contributed by atoms with Gasteiger partial charge in [-0.05, 0) is 274 Å². The molecule has 8 nitrogen and oxygen atoms in total. The van der Waals surface area contributed by atoms with E-state index in [4.69, 9.17) is 18.9 Å². The van der Waals surface area contributed by atoms with Crippen molar-refractivity contribution < 1.29 is 143 Å². The second-order valence-corrected chi connectivity index (χ2v) is 36.6. The van der Waals surface area contributed by atoms with Gasteiger partial charge in [0.05, 0.1) is 23.7 Å². The zero-order chi connectivity index (χ0) is 92.0. The number of halogens is 24. The molecule has 0 heterocycles. The van der Waals surface area contributed by atoms with Crippen LogP contribution >= 0.6 is 0 Å². The molecule has 0 aliphatic heterocycles. The van der Waals surface area contributed by atoms with Crippen LogP contribution < -0.4 is 37.9 Å². The minimum Gasteiger partial charge on any atom is -0.432 e. The van der Waals surface area contributed by atoms with E-state index in [2.05, 4.69) is 46.6 Å². The predicted molar refractivity (Wildman–Crippen MR) is 427 cm³/mol. The Labute approximate surface area is 724 Å². The van der Waals surface area contributed by atoms with E-state index in [1.54, 1.807) is 0 Å². The molecular weight excluding hydrogens is 1710 g/mol. The number of benzene rings is 4. The SMILES string of the molecule is CCC1CCC(C2CCC(C(F)(F)Oc3ccc(OC(F)(F)F)c(F)c3)CC2)CC1.CCCC1CCC(C2CCC(C(F)(F)Oc3ccc(OC(F)(F)F)c(F)c3)CC2)CC1.CCCCC1CCC(C2CCC(C(F)(F)Oc3ccc(OC(F)(F)F)c(F)c3)CC2)CC1.CCCCCC1CCC(C2CCC(C(F)(F)Oc3ccc(OC(F)(F)F)c(F)c3)CC2)CC1. The predicted octanol–water partition coefficient (Wildman–Crippen LogP) is 33.2. The summed E-state index contributed by atoms with van der Waals surface area (Å²) < 4.78 is 352. The lowest BCUT2D eigenvalue weighted by Crippen LogP contribution is -2.38. The molecule has 0 radical (unpaired) electrons. The van der Waals surface area contributed by atoms with Crippen molar-refractivity contribution in [2.45, 2.75) is 347 Å². The van der Waals surface area contributed by atoms with Crippen molar-refractivity contribution in [3.05, 3.63) is 96.1 Å². The third kappa shape index (κ3) is 33.2. The zero-order valence-electron chi connectivity index (χ0n) is 72.2. The van der Waals surface area contributed by atoms with E-state index in [9.17, 15) is 105 Å². The summed E-state index contributed by atoms with van der Waals surface area (Å²) >= 11 is 0. The largest absolute Gasteiger partial charge is 0.573 e. The van der Waals surface area contributed by atoms with Crippen molar-refractivity contribution in [3.63, 3.8) is 0 Å². The van der Waals surface area contributed by atoms with Gasteiger partial charge in [0, 0.05) is 24.3 Å². The highest BCUT2D eigenvalue weighted by Gasteiger charge is 2.51. The lowest BCUT2D eigenvalue weighted by molar-refractivity contribution is -0.276. The molecule has 0 bridgehead atoms. The van der Waals surface area contributed by atoms with Gasteiger partial charge in [-0.25, -0.2) is 17.6 Å². The molecule has 8 aliphatic carbocycles. The molecule has 0 spiro atoms. The van der Waals surface area contributed by atoms with Crippen molar-refractivity contribution in [2.75, 3.05) is 0 Å². The molecule has 0 atom stereocenters. The minimum absolute atomic E-state index is 0.323. The second kappa shape index (κ2) is 46.6. The average Bonchev–Trinajstić information content (AvgIpc) is 0.817. The quantitative estimate of drug-likeness (QED) is 0.0378. The van der Waals surface area contributed by atoms with Crippen LogP contribution in [-0.2, 0) is 0 Å². The van der Waals surface area contributed by atoms with Crippen LogP contribution in [0.25, 0.3) is 0 Å². The van der Waals surface area contributed by atoms with E-state index in [0.717, 1.165) is 99.3 Å². The Morgan fingerprint density at radius 2 is 0.421 bits per heavy atom. The zero-order valence-corrected chi connectivity index (χ0v) is 72.2. The summed E-state index contributed by atoms with van der Waals surface area (Å²) in [6.45, 7) is 8.83. The fourth-order valence-electron chi connectivity index (χ4n) is 21.2. The number of unbranched alkanes of at least 4 members (excludes halogenated alkanes) is 3. The summed E-state index contributed by atoms with van der Waals surface area (Å²) in [6.07, 6.45) is 5.96. The molecule has 8 aliphatic rings. The van der Waals surface area contributed by atoms with Gasteiger partial charge >= 0.3 is 49.9 Å². The third-order valence-electron chi connectivity index (χ3n) is 28.2. The van der Waals surface area contributed by atoms with E-state index in [0.29, 0.717) is 147 Å². The van der Waals surface area contributed by atoms with Gasteiger partial charge in [0.15, 0.2) is 46.3 Å². The van der Waals surface area contributed by atoms with Crippen LogP contribution in [0.15, 0.2) is 72.8 Å². The van der Waals surface area contributed by atoms with E-state index < -0.39 is 143 Å². The first-order chi connectivity index (χ1) is 59.3. The van der Waals surface area contributed by atoms with Crippen LogP contribution in [0.1, 0.15) is 297 Å². The van der Waals surface area contributed by atoms with Gasteiger partial charge in [0.1, 0.15) is 23.0 Å². The summed E-state index contributed by atoms with van der Waals surface area (Å²) in [5, 5.41) is 0. The second-order valence-electron chi connectivity index (χ2n) is 36.6. The summed E-state index contributed by atoms with van der Waals surface area (Å²) in [7, 11) is 0. The molecule has 126 heavy (non-hydrogen) atoms. The standard InChI is InChI=1S/C25H34F6O2.C24H32F6O2.C23H30F6O2.C22H28F6O2/c1-2-3-4-5-17-6-8-18(9-7-17)19-10-12-20(13-11-19)24(27,28)32-21-14-15-23(22(26)16-21)33-25(29,30)31;1-2-3-4-16-5-7-17(8-6-16)18-9-11-19(12-10-18)23(26,27)31-20-13-14-22(21(25)15-20)32-24(28,29)30;1-2-3-15-4-6-16(7-5-15)17-8-10-18(11-9-17)22(25,26)30-19-12-13-21(20(24)14-19)31-23(27,28)29;1-2-14-3-5-15(6-4-14)16-7-9-17(10-8-16)21(24,25)29-18-11-12-20(19(23)13-18)30-22(26,27)28/h14-20H,2-13H2,1H3;13-19H,2-12H2,1H3;12-18H,2-11H2,1H3;11-17H,2-10H2,1H3. The monoisotopic (exact) mass is 1840 g/mol. The molecule has 0 unspecified atom stereocenters.